The second-order valence-electron chi connectivity index (χ2n) is 7.46. The van der Waals surface area contributed by atoms with Crippen molar-refractivity contribution in [1.82, 2.24) is 9.80 Å². The lowest BCUT2D eigenvalue weighted by Crippen LogP contribution is -2.11. The third-order valence-electron chi connectivity index (χ3n) is 2.77. The van der Waals surface area contributed by atoms with Gasteiger partial charge in [0.1, 0.15) is 0 Å². The molecule has 140 valence electrons. The van der Waals surface area contributed by atoms with Crippen LogP contribution in [0.15, 0.2) is 24.3 Å². The molecule has 0 saturated carbocycles. The van der Waals surface area contributed by atoms with Crippen LogP contribution in [0.1, 0.15) is 40.5 Å². The monoisotopic (exact) mass is 338 g/mol. The van der Waals surface area contributed by atoms with Crippen molar-refractivity contribution in [3.63, 3.8) is 0 Å². The van der Waals surface area contributed by atoms with Gasteiger partial charge in [-0.3, -0.25) is 9.59 Å². The second-order valence-corrected chi connectivity index (χ2v) is 7.46. The summed E-state index contributed by atoms with van der Waals surface area (Å²) in [5, 5.41) is 0. The van der Waals surface area contributed by atoms with Crippen molar-refractivity contribution < 1.29 is 9.59 Å². The first-order valence-corrected chi connectivity index (χ1v) is 8.72. The predicted octanol–water partition coefficient (Wildman–Crippen LogP) is 3.44. The summed E-state index contributed by atoms with van der Waals surface area (Å²) in [6.07, 6.45) is 8.49. The number of rotatable bonds is 10. The van der Waals surface area contributed by atoms with E-state index in [0.717, 1.165) is 13.1 Å². The molecule has 0 rings (SSSR count). The van der Waals surface area contributed by atoms with Crippen LogP contribution in [-0.4, -0.2) is 62.6 Å². The molecule has 0 saturated heterocycles. The second kappa shape index (κ2) is 15.3. The molecule has 0 aromatic carbocycles. The summed E-state index contributed by atoms with van der Waals surface area (Å²) >= 11 is 0. The number of hydrogen-bond donors (Lipinski definition) is 0. The highest BCUT2D eigenvalue weighted by atomic mass is 16.1. The van der Waals surface area contributed by atoms with Crippen LogP contribution < -0.4 is 0 Å². The van der Waals surface area contributed by atoms with Crippen molar-refractivity contribution in [2.24, 2.45) is 11.8 Å². The maximum absolute atomic E-state index is 11.1. The van der Waals surface area contributed by atoms with Crippen molar-refractivity contribution in [2.75, 3.05) is 41.3 Å². The molecule has 24 heavy (non-hydrogen) atoms. The van der Waals surface area contributed by atoms with Gasteiger partial charge in [0, 0.05) is 25.9 Å². The molecule has 0 bridgehead atoms. The summed E-state index contributed by atoms with van der Waals surface area (Å²) in [5.41, 5.74) is 0. The molecular weight excluding hydrogens is 300 g/mol. The van der Waals surface area contributed by atoms with Crippen LogP contribution in [0.3, 0.4) is 0 Å². The highest BCUT2D eigenvalue weighted by Crippen LogP contribution is 2.01. The highest BCUT2D eigenvalue weighted by Gasteiger charge is 2.00. The number of hydrogen-bond acceptors (Lipinski definition) is 4. The van der Waals surface area contributed by atoms with Crippen LogP contribution in [0, 0.1) is 11.8 Å². The molecule has 0 fully saturated rings. The van der Waals surface area contributed by atoms with Crippen molar-refractivity contribution in [2.45, 2.75) is 40.5 Å². The van der Waals surface area contributed by atoms with E-state index >= 15 is 0 Å². The summed E-state index contributed by atoms with van der Waals surface area (Å²) in [4.78, 5) is 26.3. The van der Waals surface area contributed by atoms with Gasteiger partial charge in [0.25, 0.3) is 0 Å². The summed E-state index contributed by atoms with van der Waals surface area (Å²) in [6, 6.07) is 0. The van der Waals surface area contributed by atoms with E-state index in [0.29, 0.717) is 24.7 Å². The number of allylic oxidation sites excluding steroid dienone is 2. The standard InChI is InChI=1S/2C10H19NO/c2*1-9(2)8-10(12)6-5-7-11(3)4/h2*5-6,9H,7-8H2,1-4H3. The van der Waals surface area contributed by atoms with Crippen LogP contribution in [0.2, 0.25) is 0 Å². The zero-order valence-electron chi connectivity index (χ0n) is 17.0. The van der Waals surface area contributed by atoms with E-state index in [9.17, 15) is 9.59 Å². The molecule has 4 heteroatoms. The van der Waals surface area contributed by atoms with Crippen LogP contribution in [0.4, 0.5) is 0 Å². The molecule has 0 aliphatic rings. The molecule has 0 aliphatic carbocycles. The van der Waals surface area contributed by atoms with E-state index in [-0.39, 0.29) is 11.6 Å². The van der Waals surface area contributed by atoms with Crippen molar-refractivity contribution in [3.8, 4) is 0 Å². The zero-order chi connectivity index (χ0) is 19.1. The van der Waals surface area contributed by atoms with E-state index < -0.39 is 0 Å². The molecule has 0 unspecified atom stereocenters. The number of likely N-dealkylation sites (N-methyl/N-ethyl adjacent to an activating group) is 2. The molecule has 0 heterocycles. The molecule has 0 radical (unpaired) electrons. The maximum atomic E-state index is 11.1. The van der Waals surface area contributed by atoms with Crippen molar-refractivity contribution in [1.29, 1.82) is 0 Å². The number of nitrogens with zero attached hydrogens (tertiary/aromatic N) is 2. The maximum Gasteiger partial charge on any atom is 0.155 e. The normalized spacial score (nSPS) is 11.8. The van der Waals surface area contributed by atoms with Crippen LogP contribution >= 0.6 is 0 Å². The summed E-state index contributed by atoms with van der Waals surface area (Å²) < 4.78 is 0. The van der Waals surface area contributed by atoms with Gasteiger partial charge in [-0.1, -0.05) is 39.8 Å². The van der Waals surface area contributed by atoms with E-state index in [1.54, 1.807) is 12.2 Å². The Kier molecular flexibility index (Phi) is 15.9. The lowest BCUT2D eigenvalue weighted by molar-refractivity contribution is -0.116. The predicted molar refractivity (Wildman–Crippen MR) is 104 cm³/mol. The molecule has 0 aromatic heterocycles. The molecule has 0 amide bonds. The van der Waals surface area contributed by atoms with Gasteiger partial charge in [-0.05, 0) is 52.2 Å². The van der Waals surface area contributed by atoms with E-state index in [1.165, 1.54) is 0 Å². The number of carbonyl (C=O) groups is 2. The third-order valence-corrected chi connectivity index (χ3v) is 2.77. The summed E-state index contributed by atoms with van der Waals surface area (Å²) in [5.74, 6) is 1.38. The smallest absolute Gasteiger partial charge is 0.155 e. The Morgan fingerprint density at radius 3 is 1.21 bits per heavy atom. The van der Waals surface area contributed by atoms with Gasteiger partial charge in [0.05, 0.1) is 0 Å². The minimum Gasteiger partial charge on any atom is -0.306 e. The quantitative estimate of drug-likeness (QED) is 0.572. The summed E-state index contributed by atoms with van der Waals surface area (Å²) in [7, 11) is 7.93. The highest BCUT2D eigenvalue weighted by molar-refractivity contribution is 5.90. The molecule has 0 aliphatic heterocycles. The topological polar surface area (TPSA) is 40.6 Å². The fraction of sp³-hybridized carbons (Fsp3) is 0.700. The zero-order valence-corrected chi connectivity index (χ0v) is 17.0. The van der Waals surface area contributed by atoms with Gasteiger partial charge in [0.2, 0.25) is 0 Å². The fourth-order valence-corrected chi connectivity index (χ4v) is 1.73. The SMILES string of the molecule is CC(C)CC(=O)C=CCN(C)C.CC(C)CC(=O)C=CCN(C)C. The van der Waals surface area contributed by atoms with Gasteiger partial charge in [-0.25, -0.2) is 0 Å². The molecule has 4 nitrogen and oxygen atoms in total. The van der Waals surface area contributed by atoms with Gasteiger partial charge in [-0.2, -0.15) is 0 Å². The largest absolute Gasteiger partial charge is 0.306 e. The minimum absolute atomic E-state index is 0.229. The first-order valence-electron chi connectivity index (χ1n) is 8.72. The minimum atomic E-state index is 0.229. The van der Waals surface area contributed by atoms with E-state index in [4.69, 9.17) is 0 Å². The molecular formula is C20H38N2O2. The first kappa shape index (κ1) is 25.0. The van der Waals surface area contributed by atoms with Gasteiger partial charge in [-0.15, -0.1) is 0 Å². The van der Waals surface area contributed by atoms with E-state index in [2.05, 4.69) is 27.7 Å². The Morgan fingerprint density at radius 1 is 0.708 bits per heavy atom. The Hall–Kier alpha value is -1.26. The van der Waals surface area contributed by atoms with Crippen LogP contribution in [-0.2, 0) is 9.59 Å². The summed E-state index contributed by atoms with van der Waals surface area (Å²) in [6.45, 7) is 9.89. The van der Waals surface area contributed by atoms with Gasteiger partial charge >= 0.3 is 0 Å². The van der Waals surface area contributed by atoms with E-state index in [1.807, 2.05) is 50.1 Å². The average Bonchev–Trinajstić information content (AvgIpc) is 2.36. The number of carbonyl (C=O) groups excluding carboxylic acids is 2. The Balaban J connectivity index is 0. The Bertz CT molecular complexity index is 356. The number of ketones is 2. The van der Waals surface area contributed by atoms with Crippen LogP contribution in [0.25, 0.3) is 0 Å². The Morgan fingerprint density at radius 2 is 1.00 bits per heavy atom. The van der Waals surface area contributed by atoms with Gasteiger partial charge in [0.15, 0.2) is 11.6 Å². The first-order chi connectivity index (χ1) is 11.0. The molecule has 0 aromatic rings. The lowest BCUT2D eigenvalue weighted by Gasteiger charge is -2.03. The molecule has 0 N–H and O–H groups in total. The molecule has 0 atom stereocenters. The van der Waals surface area contributed by atoms with Gasteiger partial charge < -0.3 is 9.80 Å². The average molecular weight is 339 g/mol. The van der Waals surface area contributed by atoms with Crippen LogP contribution in [0.5, 0.6) is 0 Å². The fourth-order valence-electron chi connectivity index (χ4n) is 1.73. The lowest BCUT2D eigenvalue weighted by atomic mass is 10.1. The third kappa shape index (κ3) is 23.0. The Labute approximate surface area is 149 Å². The molecule has 0 spiro atoms. The van der Waals surface area contributed by atoms with Crippen molar-refractivity contribution in [3.05, 3.63) is 24.3 Å². The van der Waals surface area contributed by atoms with Crippen molar-refractivity contribution >= 4 is 11.6 Å².